The molecule has 2 rings (SSSR count). The van der Waals surface area contributed by atoms with Gasteiger partial charge in [0.15, 0.2) is 0 Å². The second-order valence-corrected chi connectivity index (χ2v) is 7.10. The van der Waals surface area contributed by atoms with Gasteiger partial charge in [0.2, 0.25) is 0 Å². The summed E-state index contributed by atoms with van der Waals surface area (Å²) in [6.45, 7) is 7.03. The van der Waals surface area contributed by atoms with Crippen molar-refractivity contribution in [3.05, 3.63) is 30.3 Å². The summed E-state index contributed by atoms with van der Waals surface area (Å²) in [7, 11) is 0. The van der Waals surface area contributed by atoms with E-state index < -0.39 is 0 Å². The lowest BCUT2D eigenvalue weighted by atomic mass is 9.75. The largest absolute Gasteiger partial charge is 0.367 e. The van der Waals surface area contributed by atoms with Crippen LogP contribution in [0.5, 0.6) is 0 Å². The first-order valence-corrected chi connectivity index (χ1v) is 8.45. The molecule has 1 saturated carbocycles. The third-order valence-corrected chi connectivity index (χ3v) is 5.07. The smallest absolute Gasteiger partial charge is 0.0970 e. The lowest BCUT2D eigenvalue weighted by molar-refractivity contribution is -0.0170. The van der Waals surface area contributed by atoms with Crippen LogP contribution in [-0.2, 0) is 4.74 Å². The van der Waals surface area contributed by atoms with E-state index in [9.17, 15) is 0 Å². The maximum atomic E-state index is 6.19. The van der Waals surface area contributed by atoms with Crippen molar-refractivity contribution >= 4 is 11.8 Å². The zero-order chi connectivity index (χ0) is 13.7. The molecule has 1 aromatic rings. The van der Waals surface area contributed by atoms with E-state index in [1.165, 1.54) is 24.2 Å². The number of rotatable bonds is 5. The van der Waals surface area contributed by atoms with Crippen molar-refractivity contribution in [1.82, 2.24) is 0 Å². The van der Waals surface area contributed by atoms with Crippen LogP contribution >= 0.6 is 11.8 Å². The van der Waals surface area contributed by atoms with Gasteiger partial charge < -0.3 is 4.74 Å². The van der Waals surface area contributed by atoms with E-state index in [1.54, 1.807) is 11.8 Å². The first-order valence-electron chi connectivity index (χ1n) is 7.46. The highest BCUT2D eigenvalue weighted by molar-refractivity contribution is 7.99. The molecule has 0 N–H and O–H groups in total. The van der Waals surface area contributed by atoms with Crippen LogP contribution in [0.2, 0.25) is 0 Å². The summed E-state index contributed by atoms with van der Waals surface area (Å²) in [6.07, 6.45) is 4.40. The molecule has 1 nitrogen and oxygen atoms in total. The predicted octanol–water partition coefficient (Wildman–Crippen LogP) is 5.21. The Kier molecular flexibility index (Phi) is 5.77. The van der Waals surface area contributed by atoms with Crippen LogP contribution in [0.15, 0.2) is 35.2 Å². The van der Waals surface area contributed by atoms with Gasteiger partial charge >= 0.3 is 0 Å². The summed E-state index contributed by atoms with van der Waals surface area (Å²) in [4.78, 5) is 1.30. The minimum absolute atomic E-state index is 0.458. The van der Waals surface area contributed by atoms with E-state index in [0.717, 1.165) is 23.7 Å². The molecule has 1 aromatic carbocycles. The molecule has 0 aromatic heterocycles. The Morgan fingerprint density at radius 3 is 2.63 bits per heavy atom. The summed E-state index contributed by atoms with van der Waals surface area (Å²) in [5.74, 6) is 3.08. The second kappa shape index (κ2) is 7.35. The number of thioether (sulfide) groups is 1. The van der Waals surface area contributed by atoms with E-state index in [-0.39, 0.29) is 0 Å². The summed E-state index contributed by atoms with van der Waals surface area (Å²) >= 11 is 1.81. The molecule has 2 heteroatoms. The Morgan fingerprint density at radius 1 is 1.21 bits per heavy atom. The summed E-state index contributed by atoms with van der Waals surface area (Å²) in [5.41, 5.74) is 0. The summed E-state index contributed by atoms with van der Waals surface area (Å²) in [5, 5.41) is 0. The van der Waals surface area contributed by atoms with Crippen molar-refractivity contribution in [2.45, 2.75) is 51.0 Å². The average Bonchev–Trinajstić information content (AvgIpc) is 2.39. The van der Waals surface area contributed by atoms with Gasteiger partial charge in [0.05, 0.1) is 12.0 Å². The second-order valence-electron chi connectivity index (χ2n) is 6.11. The van der Waals surface area contributed by atoms with Crippen molar-refractivity contribution in [2.75, 3.05) is 5.94 Å². The molecule has 0 amide bonds. The van der Waals surface area contributed by atoms with Crippen LogP contribution < -0.4 is 0 Å². The molecule has 0 bridgehead atoms. The van der Waals surface area contributed by atoms with Crippen molar-refractivity contribution < 1.29 is 4.74 Å². The molecule has 1 unspecified atom stereocenters. The minimum Gasteiger partial charge on any atom is -0.367 e. The van der Waals surface area contributed by atoms with Gasteiger partial charge in [-0.1, -0.05) is 57.2 Å². The molecule has 1 aliphatic rings. The topological polar surface area (TPSA) is 9.23 Å². The van der Waals surface area contributed by atoms with Crippen LogP contribution in [0, 0.1) is 17.8 Å². The Hall–Kier alpha value is -0.470. The van der Waals surface area contributed by atoms with Crippen molar-refractivity contribution in [1.29, 1.82) is 0 Å². The third-order valence-electron chi connectivity index (χ3n) is 4.21. The molecule has 1 fully saturated rings. The fraction of sp³-hybridized carbons (Fsp3) is 0.647. The highest BCUT2D eigenvalue weighted by atomic mass is 32.2. The molecule has 0 heterocycles. The Balaban J connectivity index is 1.82. The zero-order valence-corrected chi connectivity index (χ0v) is 13.2. The fourth-order valence-electron chi connectivity index (χ4n) is 3.01. The van der Waals surface area contributed by atoms with E-state index >= 15 is 0 Å². The SMILES string of the molecule is CC1CC[C@H](C(C)C)[C@@H](OCSc2ccccc2)C1. The highest BCUT2D eigenvalue weighted by Gasteiger charge is 2.31. The van der Waals surface area contributed by atoms with E-state index in [4.69, 9.17) is 4.74 Å². The van der Waals surface area contributed by atoms with Crippen LogP contribution in [0.25, 0.3) is 0 Å². The summed E-state index contributed by atoms with van der Waals surface area (Å²) in [6, 6.07) is 10.5. The first kappa shape index (κ1) is 14.9. The van der Waals surface area contributed by atoms with Gasteiger partial charge in [-0.3, -0.25) is 0 Å². The molecule has 0 aliphatic heterocycles. The van der Waals surface area contributed by atoms with Gasteiger partial charge in [-0.15, -0.1) is 0 Å². The van der Waals surface area contributed by atoms with Crippen molar-refractivity contribution in [3.8, 4) is 0 Å². The quantitative estimate of drug-likeness (QED) is 0.540. The Labute approximate surface area is 122 Å². The third kappa shape index (κ3) is 4.54. The normalized spacial score (nSPS) is 27.7. The van der Waals surface area contributed by atoms with Crippen LogP contribution in [-0.4, -0.2) is 12.0 Å². The maximum absolute atomic E-state index is 6.19. The zero-order valence-electron chi connectivity index (χ0n) is 12.3. The maximum Gasteiger partial charge on any atom is 0.0970 e. The molecule has 1 aliphatic carbocycles. The molecule has 19 heavy (non-hydrogen) atoms. The fourth-order valence-corrected chi connectivity index (χ4v) is 3.74. The first-order chi connectivity index (χ1) is 9.16. The molecule has 106 valence electrons. The van der Waals surface area contributed by atoms with Gasteiger partial charge in [0.1, 0.15) is 0 Å². The monoisotopic (exact) mass is 278 g/mol. The predicted molar refractivity (Wildman–Crippen MR) is 83.4 cm³/mol. The standard InChI is InChI=1S/C17H26OS/c1-13(2)16-10-9-14(3)11-17(16)18-12-19-15-7-5-4-6-8-15/h4-8,13-14,16-17H,9-12H2,1-3H3/t14?,16-,17+/m1/s1. The Bertz CT molecular complexity index is 363. The van der Waals surface area contributed by atoms with E-state index in [0.29, 0.717) is 6.10 Å². The lowest BCUT2D eigenvalue weighted by Crippen LogP contribution is -2.34. The molecule has 3 atom stereocenters. The van der Waals surface area contributed by atoms with Gasteiger partial charge in [-0.05, 0) is 42.7 Å². The number of benzene rings is 1. The lowest BCUT2D eigenvalue weighted by Gasteiger charge is -2.37. The minimum atomic E-state index is 0.458. The van der Waals surface area contributed by atoms with Crippen LogP contribution in [0.3, 0.4) is 0 Å². The molecule has 0 saturated heterocycles. The molecule has 0 spiro atoms. The van der Waals surface area contributed by atoms with Gasteiger partial charge in [-0.2, -0.15) is 0 Å². The molecular weight excluding hydrogens is 252 g/mol. The van der Waals surface area contributed by atoms with Gasteiger partial charge in [-0.25, -0.2) is 0 Å². The number of hydrogen-bond donors (Lipinski definition) is 0. The van der Waals surface area contributed by atoms with Gasteiger partial charge in [0.25, 0.3) is 0 Å². The van der Waals surface area contributed by atoms with E-state index in [1.807, 2.05) is 0 Å². The number of hydrogen-bond acceptors (Lipinski definition) is 2. The highest BCUT2D eigenvalue weighted by Crippen LogP contribution is 2.36. The van der Waals surface area contributed by atoms with Crippen molar-refractivity contribution in [3.63, 3.8) is 0 Å². The Morgan fingerprint density at radius 2 is 1.95 bits per heavy atom. The summed E-state index contributed by atoms with van der Waals surface area (Å²) < 4.78 is 6.19. The van der Waals surface area contributed by atoms with Crippen LogP contribution in [0.4, 0.5) is 0 Å². The van der Waals surface area contributed by atoms with Crippen LogP contribution in [0.1, 0.15) is 40.0 Å². The molecule has 0 radical (unpaired) electrons. The van der Waals surface area contributed by atoms with Crippen molar-refractivity contribution in [2.24, 2.45) is 17.8 Å². The average molecular weight is 278 g/mol. The van der Waals surface area contributed by atoms with E-state index in [2.05, 4.69) is 51.1 Å². The number of ether oxygens (including phenoxy) is 1. The molecular formula is C17H26OS. The van der Waals surface area contributed by atoms with Gasteiger partial charge in [0, 0.05) is 4.90 Å².